The lowest BCUT2D eigenvalue weighted by atomic mass is 10.1. The van der Waals surface area contributed by atoms with Gasteiger partial charge in [0.2, 0.25) is 10.0 Å². The normalized spacial score (nSPS) is 15.7. The van der Waals surface area contributed by atoms with Crippen LogP contribution in [0.1, 0.15) is 38.8 Å². The highest BCUT2D eigenvalue weighted by molar-refractivity contribution is 7.89. The van der Waals surface area contributed by atoms with Gasteiger partial charge in [-0.1, -0.05) is 24.3 Å². The van der Waals surface area contributed by atoms with E-state index in [1.807, 2.05) is 27.7 Å². The van der Waals surface area contributed by atoms with Gasteiger partial charge in [0.05, 0.1) is 13.2 Å². The molecular weight excluding hydrogens is 412 g/mol. The van der Waals surface area contributed by atoms with Crippen LogP contribution in [0.5, 0.6) is 0 Å². The molecule has 0 atom stereocenters. The molecule has 0 saturated carbocycles. The number of benzene rings is 1. The van der Waals surface area contributed by atoms with E-state index >= 15 is 0 Å². The first-order valence-electron chi connectivity index (χ1n) is 10.9. The Morgan fingerprint density at radius 3 is 2.35 bits per heavy atom. The standard InChI is InChI=1S/C23H34N4O3S/c1-18(2)27(19(3)4)31(28,29)22-8-9-23(25-16-22)24-15-20-6-5-7-21(14-20)17-26-10-12-30-13-11-26/h5-9,14,16,18-19H,10-13,15,17H2,1-4H3,(H,24,25). The largest absolute Gasteiger partial charge is 0.379 e. The van der Waals surface area contributed by atoms with Gasteiger partial charge in [0.25, 0.3) is 0 Å². The number of nitrogens with one attached hydrogen (secondary N) is 1. The number of hydrogen-bond donors (Lipinski definition) is 1. The van der Waals surface area contributed by atoms with Crippen molar-refractivity contribution in [3.8, 4) is 0 Å². The fraction of sp³-hybridized carbons (Fsp3) is 0.522. The van der Waals surface area contributed by atoms with Gasteiger partial charge in [-0.2, -0.15) is 4.31 Å². The Hall–Kier alpha value is -2.00. The fourth-order valence-electron chi connectivity index (χ4n) is 3.96. The van der Waals surface area contributed by atoms with Gasteiger partial charge in [-0.25, -0.2) is 13.4 Å². The van der Waals surface area contributed by atoms with Gasteiger partial charge in [-0.15, -0.1) is 0 Å². The highest BCUT2D eigenvalue weighted by atomic mass is 32.2. The first-order valence-corrected chi connectivity index (χ1v) is 12.3. The summed E-state index contributed by atoms with van der Waals surface area (Å²) in [5.41, 5.74) is 2.44. The Labute approximate surface area is 186 Å². The molecular formula is C23H34N4O3S. The van der Waals surface area contributed by atoms with Crippen LogP contribution >= 0.6 is 0 Å². The van der Waals surface area contributed by atoms with E-state index in [-0.39, 0.29) is 17.0 Å². The maximum absolute atomic E-state index is 13.0. The van der Waals surface area contributed by atoms with Crippen molar-refractivity contribution in [3.05, 3.63) is 53.7 Å². The van der Waals surface area contributed by atoms with Crippen molar-refractivity contribution in [2.24, 2.45) is 0 Å². The van der Waals surface area contributed by atoms with Crippen LogP contribution in [0.25, 0.3) is 0 Å². The van der Waals surface area contributed by atoms with E-state index < -0.39 is 10.0 Å². The van der Waals surface area contributed by atoms with Gasteiger partial charge in [-0.3, -0.25) is 4.90 Å². The summed E-state index contributed by atoms with van der Waals surface area (Å²) in [7, 11) is -3.57. The Kier molecular flexibility index (Phi) is 8.05. The number of nitrogens with zero attached hydrogens (tertiary/aromatic N) is 3. The van der Waals surface area contributed by atoms with Crippen LogP contribution < -0.4 is 5.32 Å². The van der Waals surface area contributed by atoms with Crippen molar-refractivity contribution in [1.82, 2.24) is 14.2 Å². The summed E-state index contributed by atoms with van der Waals surface area (Å²) < 4.78 is 32.8. The molecule has 1 aromatic heterocycles. The van der Waals surface area contributed by atoms with E-state index in [2.05, 4.69) is 39.5 Å². The molecule has 0 aliphatic carbocycles. The molecule has 0 amide bonds. The van der Waals surface area contributed by atoms with Gasteiger partial charge < -0.3 is 10.1 Å². The minimum Gasteiger partial charge on any atom is -0.379 e. The van der Waals surface area contributed by atoms with Crippen molar-refractivity contribution >= 4 is 15.8 Å². The lowest BCUT2D eigenvalue weighted by Crippen LogP contribution is -2.41. The Bertz CT molecular complexity index is 932. The Morgan fingerprint density at radius 1 is 1.06 bits per heavy atom. The maximum Gasteiger partial charge on any atom is 0.245 e. The molecule has 0 spiro atoms. The molecule has 8 heteroatoms. The lowest BCUT2D eigenvalue weighted by molar-refractivity contribution is 0.0342. The number of anilines is 1. The minimum absolute atomic E-state index is 0.118. The van der Waals surface area contributed by atoms with E-state index in [4.69, 9.17) is 4.74 Å². The first kappa shape index (κ1) is 23.7. The van der Waals surface area contributed by atoms with E-state index in [1.54, 1.807) is 12.1 Å². The second-order valence-electron chi connectivity index (χ2n) is 8.46. The van der Waals surface area contributed by atoms with Crippen LogP contribution in [0.4, 0.5) is 5.82 Å². The molecule has 3 rings (SSSR count). The third kappa shape index (κ3) is 6.26. The second-order valence-corrected chi connectivity index (χ2v) is 10.3. The first-order chi connectivity index (χ1) is 14.8. The van der Waals surface area contributed by atoms with Crippen molar-refractivity contribution in [1.29, 1.82) is 0 Å². The molecule has 1 saturated heterocycles. The van der Waals surface area contributed by atoms with Crippen LogP contribution in [0.2, 0.25) is 0 Å². The third-order valence-electron chi connectivity index (χ3n) is 5.30. The summed E-state index contributed by atoms with van der Waals surface area (Å²) in [6, 6.07) is 11.6. The number of morpholine rings is 1. The molecule has 170 valence electrons. The number of aromatic nitrogens is 1. The summed E-state index contributed by atoms with van der Waals surface area (Å²) in [4.78, 5) is 6.95. The Morgan fingerprint density at radius 2 is 1.74 bits per heavy atom. The highest BCUT2D eigenvalue weighted by Gasteiger charge is 2.29. The fourth-order valence-corrected chi connectivity index (χ4v) is 5.74. The number of sulfonamides is 1. The SMILES string of the molecule is CC(C)N(C(C)C)S(=O)(=O)c1ccc(NCc2cccc(CN3CCOCC3)c2)nc1. The molecule has 0 unspecified atom stereocenters. The molecule has 2 aromatic rings. The maximum atomic E-state index is 13.0. The number of rotatable bonds is 9. The van der Waals surface area contributed by atoms with Crippen LogP contribution in [0.3, 0.4) is 0 Å². The van der Waals surface area contributed by atoms with Crippen molar-refractivity contribution in [2.75, 3.05) is 31.6 Å². The smallest absolute Gasteiger partial charge is 0.245 e. The average molecular weight is 447 g/mol. The highest BCUT2D eigenvalue weighted by Crippen LogP contribution is 2.21. The molecule has 0 bridgehead atoms. The monoisotopic (exact) mass is 446 g/mol. The van der Waals surface area contributed by atoms with Crippen molar-refractivity contribution in [2.45, 2.75) is 57.8 Å². The lowest BCUT2D eigenvalue weighted by Gasteiger charge is -2.29. The van der Waals surface area contributed by atoms with E-state index in [0.717, 1.165) is 38.4 Å². The van der Waals surface area contributed by atoms with E-state index in [1.165, 1.54) is 16.1 Å². The zero-order valence-corrected chi connectivity index (χ0v) is 19.7. The predicted molar refractivity (Wildman–Crippen MR) is 123 cm³/mol. The van der Waals surface area contributed by atoms with Gasteiger partial charge in [0.15, 0.2) is 0 Å². The number of ether oxygens (including phenoxy) is 1. The van der Waals surface area contributed by atoms with E-state index in [0.29, 0.717) is 12.4 Å². The second kappa shape index (κ2) is 10.5. The van der Waals surface area contributed by atoms with Crippen LogP contribution in [-0.4, -0.2) is 61.0 Å². The molecule has 1 aliphatic heterocycles. The van der Waals surface area contributed by atoms with Crippen LogP contribution in [0, 0.1) is 0 Å². The quantitative estimate of drug-likeness (QED) is 0.637. The van der Waals surface area contributed by atoms with Gasteiger partial charge in [0, 0.05) is 44.5 Å². The summed E-state index contributed by atoms with van der Waals surface area (Å²) in [6.07, 6.45) is 1.43. The number of hydrogen-bond acceptors (Lipinski definition) is 6. The van der Waals surface area contributed by atoms with E-state index in [9.17, 15) is 8.42 Å². The zero-order valence-electron chi connectivity index (χ0n) is 18.9. The minimum atomic E-state index is -3.57. The molecule has 1 fully saturated rings. The molecule has 1 aliphatic rings. The summed E-state index contributed by atoms with van der Waals surface area (Å²) in [5.74, 6) is 0.651. The Balaban J connectivity index is 1.62. The van der Waals surface area contributed by atoms with Crippen LogP contribution in [-0.2, 0) is 27.8 Å². The van der Waals surface area contributed by atoms with Gasteiger partial charge >= 0.3 is 0 Å². The number of pyridine rings is 1. The molecule has 1 N–H and O–H groups in total. The van der Waals surface area contributed by atoms with Crippen molar-refractivity contribution in [3.63, 3.8) is 0 Å². The van der Waals surface area contributed by atoms with Gasteiger partial charge in [-0.05, 0) is 51.0 Å². The summed E-state index contributed by atoms with van der Waals surface area (Å²) in [6.45, 7) is 12.6. The van der Waals surface area contributed by atoms with Crippen molar-refractivity contribution < 1.29 is 13.2 Å². The third-order valence-corrected chi connectivity index (χ3v) is 7.54. The molecule has 31 heavy (non-hydrogen) atoms. The molecule has 2 heterocycles. The molecule has 1 aromatic carbocycles. The van der Waals surface area contributed by atoms with Gasteiger partial charge in [0.1, 0.15) is 10.7 Å². The predicted octanol–water partition coefficient (Wildman–Crippen LogP) is 3.33. The molecule has 0 radical (unpaired) electrons. The topological polar surface area (TPSA) is 74.8 Å². The van der Waals surface area contributed by atoms with Crippen LogP contribution in [0.15, 0.2) is 47.5 Å². The average Bonchev–Trinajstić information content (AvgIpc) is 2.73. The summed E-state index contributed by atoms with van der Waals surface area (Å²) in [5, 5.41) is 3.29. The summed E-state index contributed by atoms with van der Waals surface area (Å²) >= 11 is 0. The molecule has 7 nitrogen and oxygen atoms in total. The zero-order chi connectivity index (χ0) is 22.4.